The Kier molecular flexibility index (Phi) is 2.94. The van der Waals surface area contributed by atoms with Gasteiger partial charge < -0.3 is 10.0 Å². The standard InChI is InChI=1S/C9H13N5O3/c1-13-8(10-5-11-13)12-9(17)14-3-6(4-14)2-7(15)16/h5-6H,2-4H2,1H3,(H,15,16)(H,10,11,12,17). The normalized spacial score (nSPS) is 15.5. The number of carboxylic acids is 1. The molecule has 1 aromatic heterocycles. The molecule has 0 saturated carbocycles. The van der Waals surface area contributed by atoms with Crippen LogP contribution in [0, 0.1) is 5.92 Å². The highest BCUT2D eigenvalue weighted by Crippen LogP contribution is 2.19. The minimum absolute atomic E-state index is 0.0535. The van der Waals surface area contributed by atoms with Gasteiger partial charge in [0.15, 0.2) is 0 Å². The van der Waals surface area contributed by atoms with Crippen LogP contribution in [0.15, 0.2) is 6.33 Å². The Morgan fingerprint density at radius 2 is 2.29 bits per heavy atom. The maximum absolute atomic E-state index is 11.7. The Morgan fingerprint density at radius 1 is 1.59 bits per heavy atom. The van der Waals surface area contributed by atoms with Gasteiger partial charge in [0.2, 0.25) is 5.95 Å². The lowest BCUT2D eigenvalue weighted by atomic mass is 9.97. The van der Waals surface area contributed by atoms with Crippen molar-refractivity contribution >= 4 is 17.9 Å². The van der Waals surface area contributed by atoms with Crippen molar-refractivity contribution in [2.45, 2.75) is 6.42 Å². The van der Waals surface area contributed by atoms with E-state index < -0.39 is 5.97 Å². The highest BCUT2D eigenvalue weighted by molar-refractivity contribution is 5.88. The van der Waals surface area contributed by atoms with Crippen molar-refractivity contribution in [2.24, 2.45) is 13.0 Å². The summed E-state index contributed by atoms with van der Waals surface area (Å²) in [6, 6.07) is -0.275. The van der Waals surface area contributed by atoms with Crippen LogP contribution in [0.3, 0.4) is 0 Å². The van der Waals surface area contributed by atoms with E-state index in [1.54, 1.807) is 11.9 Å². The number of likely N-dealkylation sites (tertiary alicyclic amines) is 1. The average Bonchev–Trinajstić information content (AvgIpc) is 2.57. The molecule has 0 aromatic carbocycles. The zero-order valence-corrected chi connectivity index (χ0v) is 9.33. The highest BCUT2D eigenvalue weighted by atomic mass is 16.4. The van der Waals surface area contributed by atoms with E-state index in [-0.39, 0.29) is 18.4 Å². The Morgan fingerprint density at radius 3 is 2.82 bits per heavy atom. The summed E-state index contributed by atoms with van der Waals surface area (Å²) in [7, 11) is 1.67. The first-order chi connectivity index (χ1) is 8.06. The Bertz CT molecular complexity index is 438. The predicted octanol–water partition coefficient (Wildman–Crippen LogP) is -0.246. The second kappa shape index (κ2) is 4.40. The van der Waals surface area contributed by atoms with Crippen LogP contribution in [0.4, 0.5) is 10.7 Å². The number of hydrogen-bond donors (Lipinski definition) is 2. The van der Waals surface area contributed by atoms with E-state index in [1.165, 1.54) is 11.0 Å². The summed E-state index contributed by atoms with van der Waals surface area (Å²) in [6.07, 6.45) is 1.45. The number of urea groups is 1. The first-order valence-corrected chi connectivity index (χ1v) is 5.18. The lowest BCUT2D eigenvalue weighted by molar-refractivity contribution is -0.139. The van der Waals surface area contributed by atoms with Gasteiger partial charge in [0.1, 0.15) is 6.33 Å². The van der Waals surface area contributed by atoms with Gasteiger partial charge in [0.25, 0.3) is 0 Å². The van der Waals surface area contributed by atoms with E-state index in [4.69, 9.17) is 5.11 Å². The summed E-state index contributed by atoms with van der Waals surface area (Å²) >= 11 is 0. The van der Waals surface area contributed by atoms with Gasteiger partial charge in [0.05, 0.1) is 6.42 Å². The third-order valence-corrected chi connectivity index (χ3v) is 2.64. The highest BCUT2D eigenvalue weighted by Gasteiger charge is 2.32. The monoisotopic (exact) mass is 239 g/mol. The van der Waals surface area contributed by atoms with Crippen LogP contribution >= 0.6 is 0 Å². The first-order valence-electron chi connectivity index (χ1n) is 5.18. The predicted molar refractivity (Wildman–Crippen MR) is 57.3 cm³/mol. The molecule has 2 amide bonds. The van der Waals surface area contributed by atoms with Crippen molar-refractivity contribution in [3.8, 4) is 0 Å². The fourth-order valence-corrected chi connectivity index (χ4v) is 1.70. The number of hydrogen-bond acceptors (Lipinski definition) is 4. The number of nitrogens with zero attached hydrogens (tertiary/aromatic N) is 4. The van der Waals surface area contributed by atoms with E-state index in [0.29, 0.717) is 19.0 Å². The molecule has 0 spiro atoms. The molecule has 2 rings (SSSR count). The SMILES string of the molecule is Cn1ncnc1NC(=O)N1CC(CC(=O)O)C1. The van der Waals surface area contributed by atoms with Gasteiger partial charge in [0, 0.05) is 26.1 Å². The van der Waals surface area contributed by atoms with Crippen LogP contribution in [-0.2, 0) is 11.8 Å². The number of rotatable bonds is 3. The molecule has 0 unspecified atom stereocenters. The number of anilines is 1. The minimum Gasteiger partial charge on any atom is -0.481 e. The van der Waals surface area contributed by atoms with Gasteiger partial charge in [-0.1, -0.05) is 0 Å². The van der Waals surface area contributed by atoms with Crippen molar-refractivity contribution < 1.29 is 14.7 Å². The quantitative estimate of drug-likeness (QED) is 0.757. The molecule has 0 aliphatic carbocycles. The summed E-state index contributed by atoms with van der Waals surface area (Å²) in [5.74, 6) is -0.405. The summed E-state index contributed by atoms with van der Waals surface area (Å²) < 4.78 is 1.45. The van der Waals surface area contributed by atoms with Gasteiger partial charge in [-0.3, -0.25) is 10.1 Å². The molecule has 1 aliphatic heterocycles. The lowest BCUT2D eigenvalue weighted by Gasteiger charge is -2.38. The zero-order valence-electron chi connectivity index (χ0n) is 9.33. The molecular weight excluding hydrogens is 226 g/mol. The van der Waals surface area contributed by atoms with Gasteiger partial charge in [-0.15, -0.1) is 0 Å². The Hall–Kier alpha value is -2.12. The van der Waals surface area contributed by atoms with Crippen LogP contribution in [0.2, 0.25) is 0 Å². The molecule has 1 fully saturated rings. The summed E-state index contributed by atoms with van der Waals surface area (Å²) in [5.41, 5.74) is 0. The van der Waals surface area contributed by atoms with Crippen molar-refractivity contribution in [2.75, 3.05) is 18.4 Å². The van der Waals surface area contributed by atoms with E-state index in [0.717, 1.165) is 0 Å². The van der Waals surface area contributed by atoms with Gasteiger partial charge in [-0.25, -0.2) is 9.48 Å². The molecule has 2 N–H and O–H groups in total. The fourth-order valence-electron chi connectivity index (χ4n) is 1.70. The van der Waals surface area contributed by atoms with Crippen molar-refractivity contribution in [3.63, 3.8) is 0 Å². The Balaban J connectivity index is 1.80. The smallest absolute Gasteiger partial charge is 0.324 e. The lowest BCUT2D eigenvalue weighted by Crippen LogP contribution is -2.52. The molecule has 8 heteroatoms. The molecular formula is C9H13N5O3. The number of aliphatic carboxylic acids is 1. The molecule has 0 atom stereocenters. The summed E-state index contributed by atoms with van der Waals surface area (Å²) in [5, 5.41) is 15.0. The number of carbonyl (C=O) groups excluding carboxylic acids is 1. The zero-order chi connectivity index (χ0) is 12.4. The number of nitrogens with one attached hydrogen (secondary N) is 1. The van der Waals surface area contributed by atoms with E-state index in [1.807, 2.05) is 0 Å². The average molecular weight is 239 g/mol. The first kappa shape index (κ1) is 11.4. The van der Waals surface area contributed by atoms with E-state index >= 15 is 0 Å². The van der Waals surface area contributed by atoms with Crippen LogP contribution in [0.5, 0.6) is 0 Å². The number of carbonyl (C=O) groups is 2. The molecule has 92 valence electrons. The third kappa shape index (κ3) is 2.52. The van der Waals surface area contributed by atoms with Crippen molar-refractivity contribution in [3.05, 3.63) is 6.33 Å². The van der Waals surface area contributed by atoms with Crippen LogP contribution in [0.25, 0.3) is 0 Å². The second-order valence-corrected chi connectivity index (χ2v) is 4.01. The molecule has 1 aromatic rings. The fraction of sp³-hybridized carbons (Fsp3) is 0.556. The minimum atomic E-state index is -0.830. The van der Waals surface area contributed by atoms with Crippen LogP contribution in [-0.4, -0.2) is 49.9 Å². The molecule has 1 aliphatic rings. The maximum Gasteiger partial charge on any atom is 0.324 e. The summed E-state index contributed by atoms with van der Waals surface area (Å²) in [4.78, 5) is 27.5. The maximum atomic E-state index is 11.7. The molecule has 1 saturated heterocycles. The molecule has 0 radical (unpaired) electrons. The Labute approximate surface area is 97.2 Å². The third-order valence-electron chi connectivity index (χ3n) is 2.64. The van der Waals surface area contributed by atoms with Crippen LogP contribution < -0.4 is 5.32 Å². The molecule has 0 bridgehead atoms. The van der Waals surface area contributed by atoms with E-state index in [9.17, 15) is 9.59 Å². The van der Waals surface area contributed by atoms with Crippen LogP contribution in [0.1, 0.15) is 6.42 Å². The van der Waals surface area contributed by atoms with Gasteiger partial charge in [-0.05, 0) is 0 Å². The number of amides is 2. The van der Waals surface area contributed by atoms with Crippen molar-refractivity contribution in [1.29, 1.82) is 0 Å². The molecule has 17 heavy (non-hydrogen) atoms. The number of carboxylic acid groups (broad SMARTS) is 1. The van der Waals surface area contributed by atoms with Crippen molar-refractivity contribution in [1.82, 2.24) is 19.7 Å². The molecule has 8 nitrogen and oxygen atoms in total. The number of aryl methyl sites for hydroxylation is 1. The second-order valence-electron chi connectivity index (χ2n) is 4.01. The number of aromatic nitrogens is 3. The van der Waals surface area contributed by atoms with Gasteiger partial charge in [-0.2, -0.15) is 10.1 Å². The summed E-state index contributed by atoms with van der Waals surface area (Å²) in [6.45, 7) is 0.936. The largest absolute Gasteiger partial charge is 0.481 e. The topological polar surface area (TPSA) is 100 Å². The van der Waals surface area contributed by atoms with Gasteiger partial charge >= 0.3 is 12.0 Å². The van der Waals surface area contributed by atoms with E-state index in [2.05, 4.69) is 15.4 Å². The molecule has 2 heterocycles.